The molecule has 0 spiro atoms. The number of hydrogen-bond acceptors (Lipinski definition) is 5. The molecule has 0 bridgehead atoms. The first-order chi connectivity index (χ1) is 15.8. The number of amides is 2. The van der Waals surface area contributed by atoms with E-state index < -0.39 is 16.1 Å². The molecule has 1 aliphatic rings. The molecule has 0 atom stereocenters. The summed E-state index contributed by atoms with van der Waals surface area (Å²) in [5.74, 6) is 0.654. The highest BCUT2D eigenvalue weighted by Gasteiger charge is 2.32. The second-order valence-electron chi connectivity index (χ2n) is 8.45. The normalized spacial score (nSPS) is 14.7. The summed E-state index contributed by atoms with van der Waals surface area (Å²) in [6, 6.07) is 18.6. The van der Waals surface area contributed by atoms with Gasteiger partial charge in [-0.2, -0.15) is 0 Å². The number of rotatable bonds is 6. The molecule has 1 fully saturated rings. The molecule has 33 heavy (non-hydrogen) atoms. The van der Waals surface area contributed by atoms with E-state index in [4.69, 9.17) is 4.74 Å². The van der Waals surface area contributed by atoms with Gasteiger partial charge in [-0.15, -0.1) is 0 Å². The number of carbonyl (C=O) groups is 1. The molecule has 7 nitrogen and oxygen atoms in total. The van der Waals surface area contributed by atoms with Crippen LogP contribution in [0.5, 0.6) is 5.75 Å². The van der Waals surface area contributed by atoms with Crippen LogP contribution in [0.15, 0.2) is 60.7 Å². The van der Waals surface area contributed by atoms with E-state index in [1.165, 1.54) is 7.05 Å². The number of urea groups is 1. The average molecular weight is 468 g/mol. The Morgan fingerprint density at radius 3 is 2.39 bits per heavy atom. The number of hydrogen-bond donors (Lipinski definition) is 0. The van der Waals surface area contributed by atoms with E-state index in [9.17, 15) is 13.2 Å². The van der Waals surface area contributed by atoms with Gasteiger partial charge in [0.25, 0.3) is 0 Å². The summed E-state index contributed by atoms with van der Waals surface area (Å²) >= 11 is 0. The highest BCUT2D eigenvalue weighted by Crippen LogP contribution is 2.30. The lowest BCUT2D eigenvalue weighted by Gasteiger charge is -2.36. The van der Waals surface area contributed by atoms with Gasteiger partial charge in [-0.25, -0.2) is 22.5 Å². The van der Waals surface area contributed by atoms with E-state index in [2.05, 4.69) is 4.98 Å². The van der Waals surface area contributed by atoms with Crippen molar-refractivity contribution < 1.29 is 17.9 Å². The third-order valence-electron chi connectivity index (χ3n) is 6.07. The van der Waals surface area contributed by atoms with Crippen LogP contribution in [0.4, 0.5) is 10.5 Å². The van der Waals surface area contributed by atoms with Gasteiger partial charge >= 0.3 is 6.03 Å². The maximum absolute atomic E-state index is 13.1. The minimum absolute atomic E-state index is 0.0241. The SMILES string of the molecule is CN(C(=O)N(c1ccc(OCc2ccc3ccccc3n2)cc1)C1CCCCC1)S(C)(=O)=O. The molecule has 1 heterocycles. The summed E-state index contributed by atoms with van der Waals surface area (Å²) in [6.45, 7) is 0.326. The summed E-state index contributed by atoms with van der Waals surface area (Å²) in [4.78, 5) is 19.4. The molecule has 0 N–H and O–H groups in total. The van der Waals surface area contributed by atoms with Crippen molar-refractivity contribution in [3.05, 3.63) is 66.4 Å². The Bertz CT molecular complexity index is 1220. The van der Waals surface area contributed by atoms with Gasteiger partial charge in [0.2, 0.25) is 10.0 Å². The van der Waals surface area contributed by atoms with E-state index in [0.29, 0.717) is 18.0 Å². The first-order valence-corrected chi connectivity index (χ1v) is 13.0. The molecule has 2 amide bonds. The number of ether oxygens (including phenoxy) is 1. The van der Waals surface area contributed by atoms with E-state index in [-0.39, 0.29) is 6.04 Å². The summed E-state index contributed by atoms with van der Waals surface area (Å²) in [5.41, 5.74) is 2.41. The minimum Gasteiger partial charge on any atom is -0.487 e. The topological polar surface area (TPSA) is 79.8 Å². The molecule has 0 saturated heterocycles. The molecule has 1 aromatic heterocycles. The Kier molecular flexibility index (Phi) is 6.83. The zero-order chi connectivity index (χ0) is 23.4. The second kappa shape index (κ2) is 9.79. The Morgan fingerprint density at radius 1 is 1.00 bits per heavy atom. The molecular formula is C25H29N3O4S. The molecule has 8 heteroatoms. The van der Waals surface area contributed by atoms with Crippen molar-refractivity contribution in [3.63, 3.8) is 0 Å². The molecule has 0 aliphatic heterocycles. The number of pyridine rings is 1. The Labute approximate surface area is 195 Å². The van der Waals surface area contributed by atoms with Gasteiger partial charge in [0.1, 0.15) is 12.4 Å². The van der Waals surface area contributed by atoms with Crippen molar-refractivity contribution in [2.75, 3.05) is 18.2 Å². The first kappa shape index (κ1) is 23.0. The lowest BCUT2D eigenvalue weighted by atomic mass is 9.94. The monoisotopic (exact) mass is 467 g/mol. The quantitative estimate of drug-likeness (QED) is 0.512. The van der Waals surface area contributed by atoms with E-state index in [1.807, 2.05) is 48.5 Å². The van der Waals surface area contributed by atoms with Gasteiger partial charge in [0.15, 0.2) is 0 Å². The van der Waals surface area contributed by atoms with Crippen LogP contribution in [-0.2, 0) is 16.6 Å². The van der Waals surface area contributed by atoms with Crippen molar-refractivity contribution >= 4 is 32.6 Å². The van der Waals surface area contributed by atoms with Crippen molar-refractivity contribution in [2.45, 2.75) is 44.8 Å². The van der Waals surface area contributed by atoms with Crippen LogP contribution in [0, 0.1) is 0 Å². The number of para-hydroxylation sites is 1. The fraction of sp³-hybridized carbons (Fsp3) is 0.360. The van der Waals surface area contributed by atoms with E-state index in [0.717, 1.165) is 59.3 Å². The summed E-state index contributed by atoms with van der Waals surface area (Å²) in [5, 5.41) is 1.08. The van der Waals surface area contributed by atoms with Gasteiger partial charge < -0.3 is 4.74 Å². The van der Waals surface area contributed by atoms with Gasteiger partial charge in [-0.05, 0) is 49.2 Å². The van der Waals surface area contributed by atoms with Crippen molar-refractivity contribution in [2.24, 2.45) is 0 Å². The Balaban J connectivity index is 1.50. The highest BCUT2D eigenvalue weighted by molar-refractivity contribution is 7.88. The van der Waals surface area contributed by atoms with Crippen LogP contribution in [0.25, 0.3) is 10.9 Å². The van der Waals surface area contributed by atoms with Gasteiger partial charge in [-0.1, -0.05) is 43.5 Å². The molecule has 3 aromatic rings. The molecule has 0 radical (unpaired) electrons. The molecule has 2 aromatic carbocycles. The second-order valence-corrected chi connectivity index (χ2v) is 10.5. The fourth-order valence-electron chi connectivity index (χ4n) is 4.16. The number of sulfonamides is 1. The first-order valence-electron chi connectivity index (χ1n) is 11.2. The van der Waals surface area contributed by atoms with Crippen LogP contribution < -0.4 is 9.64 Å². The summed E-state index contributed by atoms with van der Waals surface area (Å²) < 4.78 is 30.7. The fourth-order valence-corrected chi connectivity index (χ4v) is 4.53. The van der Waals surface area contributed by atoms with Crippen molar-refractivity contribution in [1.29, 1.82) is 0 Å². The van der Waals surface area contributed by atoms with E-state index in [1.54, 1.807) is 17.0 Å². The number of nitrogens with zero attached hydrogens (tertiary/aromatic N) is 3. The molecule has 4 rings (SSSR count). The summed E-state index contributed by atoms with van der Waals surface area (Å²) in [6.07, 6.45) is 5.94. The number of anilines is 1. The molecule has 174 valence electrons. The standard InChI is InChI=1S/C25H29N3O4S/c1-27(33(2,30)31)25(29)28(21-9-4-3-5-10-21)22-14-16-23(17-15-22)32-18-20-13-12-19-8-6-7-11-24(19)26-20/h6-8,11-17,21H,3-5,9-10,18H2,1-2H3. The minimum atomic E-state index is -3.65. The number of aromatic nitrogens is 1. The molecule has 1 aliphatic carbocycles. The third-order valence-corrected chi connectivity index (χ3v) is 7.22. The Hall–Kier alpha value is -3.13. The Morgan fingerprint density at radius 2 is 1.70 bits per heavy atom. The maximum Gasteiger partial charge on any atom is 0.338 e. The summed E-state index contributed by atoms with van der Waals surface area (Å²) in [7, 11) is -2.34. The van der Waals surface area contributed by atoms with Crippen LogP contribution in [0.2, 0.25) is 0 Å². The number of fused-ring (bicyclic) bond motifs is 1. The van der Waals surface area contributed by atoms with E-state index >= 15 is 0 Å². The third kappa shape index (κ3) is 5.45. The highest BCUT2D eigenvalue weighted by atomic mass is 32.2. The van der Waals surface area contributed by atoms with Gasteiger partial charge in [0, 0.05) is 24.2 Å². The van der Waals surface area contributed by atoms with Gasteiger partial charge in [0.05, 0.1) is 17.5 Å². The predicted molar refractivity (Wildman–Crippen MR) is 130 cm³/mol. The zero-order valence-electron chi connectivity index (χ0n) is 19.0. The van der Waals surface area contributed by atoms with Crippen LogP contribution in [0.1, 0.15) is 37.8 Å². The van der Waals surface area contributed by atoms with Crippen LogP contribution in [0.3, 0.4) is 0 Å². The largest absolute Gasteiger partial charge is 0.487 e. The molecule has 0 unspecified atom stereocenters. The van der Waals surface area contributed by atoms with Crippen LogP contribution in [-0.4, -0.2) is 43.1 Å². The molecular weight excluding hydrogens is 438 g/mol. The van der Waals surface area contributed by atoms with Crippen LogP contribution >= 0.6 is 0 Å². The predicted octanol–water partition coefficient (Wildman–Crippen LogP) is 4.96. The smallest absolute Gasteiger partial charge is 0.338 e. The lowest BCUT2D eigenvalue weighted by Crippen LogP contribution is -2.49. The number of benzene rings is 2. The van der Waals surface area contributed by atoms with Gasteiger partial charge in [-0.3, -0.25) is 4.90 Å². The van der Waals surface area contributed by atoms with Crippen molar-refractivity contribution in [1.82, 2.24) is 9.29 Å². The average Bonchev–Trinajstić information content (AvgIpc) is 2.83. The lowest BCUT2D eigenvalue weighted by molar-refractivity contribution is 0.229. The number of carbonyl (C=O) groups excluding carboxylic acids is 1. The van der Waals surface area contributed by atoms with Crippen molar-refractivity contribution in [3.8, 4) is 5.75 Å². The maximum atomic E-state index is 13.1. The molecule has 1 saturated carbocycles. The zero-order valence-corrected chi connectivity index (χ0v) is 19.8.